The highest BCUT2D eigenvalue weighted by molar-refractivity contribution is 7.89. The van der Waals surface area contributed by atoms with Gasteiger partial charge in [-0.25, -0.2) is 13.6 Å². The van der Waals surface area contributed by atoms with Crippen LogP contribution in [0.4, 0.5) is 0 Å². The van der Waals surface area contributed by atoms with E-state index in [0.29, 0.717) is 0 Å². The summed E-state index contributed by atoms with van der Waals surface area (Å²) in [6.07, 6.45) is 0. The van der Waals surface area contributed by atoms with Crippen LogP contribution < -0.4 is 9.32 Å². The summed E-state index contributed by atoms with van der Waals surface area (Å²) in [5.74, 6) is 0.432. The number of benzene rings is 2. The van der Waals surface area contributed by atoms with Gasteiger partial charge in [-0.1, -0.05) is 26.0 Å². The van der Waals surface area contributed by atoms with Gasteiger partial charge in [-0.3, -0.25) is 0 Å². The average molecular weight is 355 g/mol. The second-order valence-electron chi connectivity index (χ2n) is 5.28. The highest BCUT2D eigenvalue weighted by Gasteiger charge is 2.18. The molecule has 8 heteroatoms. The number of hydrogen-bond acceptors (Lipinski definition) is 5. The molecule has 0 saturated carbocycles. The van der Waals surface area contributed by atoms with Crippen LogP contribution >= 0.6 is 0 Å². The van der Waals surface area contributed by atoms with Gasteiger partial charge >= 0.3 is 10.1 Å². The van der Waals surface area contributed by atoms with Gasteiger partial charge in [0, 0.05) is 0 Å². The Kier molecular flexibility index (Phi) is 4.79. The molecule has 2 N–H and O–H groups in total. The molecule has 0 atom stereocenters. The van der Waals surface area contributed by atoms with Crippen LogP contribution in [0.1, 0.15) is 25.3 Å². The number of hydrogen-bond donors (Lipinski definition) is 1. The zero-order valence-electron chi connectivity index (χ0n) is 12.6. The highest BCUT2D eigenvalue weighted by atomic mass is 32.2. The van der Waals surface area contributed by atoms with Crippen molar-refractivity contribution in [1.29, 1.82) is 0 Å². The standard InChI is InChI=1S/C15H17NO5S2/c1-11(2)12-4-3-5-13(10-12)21-23(19,20)15-8-6-14(7-9-15)22(16,17)18/h3-11H,1-2H3,(H2,16,17,18). The molecule has 0 aromatic heterocycles. The molecule has 0 heterocycles. The van der Waals surface area contributed by atoms with Gasteiger partial charge in [0.25, 0.3) is 0 Å². The van der Waals surface area contributed by atoms with Gasteiger partial charge in [0.1, 0.15) is 10.6 Å². The number of sulfonamides is 1. The predicted molar refractivity (Wildman–Crippen MR) is 86.2 cm³/mol. The Morgan fingerprint density at radius 1 is 0.913 bits per heavy atom. The topological polar surface area (TPSA) is 104 Å². The quantitative estimate of drug-likeness (QED) is 0.828. The summed E-state index contributed by atoms with van der Waals surface area (Å²) in [5, 5.41) is 4.98. The third-order valence-corrected chi connectivity index (χ3v) is 5.36. The molecule has 0 aliphatic rings. The largest absolute Gasteiger partial charge is 0.379 e. The molecule has 0 saturated heterocycles. The van der Waals surface area contributed by atoms with E-state index in [4.69, 9.17) is 9.32 Å². The molecule has 0 amide bonds. The van der Waals surface area contributed by atoms with Crippen LogP contribution in [0.25, 0.3) is 0 Å². The van der Waals surface area contributed by atoms with Gasteiger partial charge in [-0.05, 0) is 47.9 Å². The molecule has 23 heavy (non-hydrogen) atoms. The molecule has 0 aliphatic heterocycles. The lowest BCUT2D eigenvalue weighted by molar-refractivity contribution is 0.485. The van der Waals surface area contributed by atoms with Crippen molar-refractivity contribution in [2.45, 2.75) is 29.6 Å². The van der Waals surface area contributed by atoms with Gasteiger partial charge in [0.05, 0.1) is 4.90 Å². The predicted octanol–water partition coefficient (Wildman–Crippen LogP) is 2.23. The summed E-state index contributed by atoms with van der Waals surface area (Å²) in [6.45, 7) is 3.97. The van der Waals surface area contributed by atoms with E-state index in [2.05, 4.69) is 0 Å². The summed E-state index contributed by atoms with van der Waals surface area (Å²) < 4.78 is 51.9. The van der Waals surface area contributed by atoms with Gasteiger partial charge in [0.2, 0.25) is 10.0 Å². The maximum atomic E-state index is 12.2. The molecule has 0 unspecified atom stereocenters. The zero-order chi connectivity index (χ0) is 17.3. The molecule has 2 aromatic carbocycles. The first-order valence-electron chi connectivity index (χ1n) is 6.77. The van der Waals surface area contributed by atoms with Crippen molar-refractivity contribution >= 4 is 20.1 Å². The summed E-state index contributed by atoms with van der Waals surface area (Å²) >= 11 is 0. The molecule has 6 nitrogen and oxygen atoms in total. The van der Waals surface area contributed by atoms with E-state index in [9.17, 15) is 16.8 Å². The molecular weight excluding hydrogens is 338 g/mol. The molecule has 2 aromatic rings. The lowest BCUT2D eigenvalue weighted by Crippen LogP contribution is -2.13. The van der Waals surface area contributed by atoms with Gasteiger partial charge in [-0.2, -0.15) is 8.42 Å². The van der Waals surface area contributed by atoms with E-state index in [-0.39, 0.29) is 21.5 Å². The van der Waals surface area contributed by atoms with Crippen molar-refractivity contribution in [3.63, 3.8) is 0 Å². The average Bonchev–Trinajstić information content (AvgIpc) is 2.46. The second-order valence-corrected chi connectivity index (χ2v) is 8.39. The van der Waals surface area contributed by atoms with Crippen LogP contribution in [0.15, 0.2) is 58.3 Å². The summed E-state index contributed by atoms with van der Waals surface area (Å²) in [5.41, 5.74) is 0.947. The van der Waals surface area contributed by atoms with Crippen LogP contribution in [0.5, 0.6) is 5.75 Å². The van der Waals surface area contributed by atoms with E-state index in [1.54, 1.807) is 18.2 Å². The van der Waals surface area contributed by atoms with Crippen molar-refractivity contribution in [3.8, 4) is 5.75 Å². The fourth-order valence-corrected chi connectivity index (χ4v) is 3.33. The third kappa shape index (κ3) is 4.31. The smallest absolute Gasteiger partial charge is 0.339 e. The first-order valence-corrected chi connectivity index (χ1v) is 9.72. The Morgan fingerprint density at radius 3 is 2.00 bits per heavy atom. The number of primary sulfonamides is 1. The third-order valence-electron chi connectivity index (χ3n) is 3.17. The van der Waals surface area contributed by atoms with E-state index in [1.165, 1.54) is 0 Å². The van der Waals surface area contributed by atoms with Gasteiger partial charge in [0.15, 0.2) is 0 Å². The van der Waals surface area contributed by atoms with Crippen LogP contribution in [-0.2, 0) is 20.1 Å². The Hall–Kier alpha value is -1.90. The Balaban J connectivity index is 2.30. The first kappa shape index (κ1) is 17.5. The minimum Gasteiger partial charge on any atom is -0.379 e. The molecule has 0 fully saturated rings. The first-order chi connectivity index (χ1) is 10.6. The fraction of sp³-hybridized carbons (Fsp3) is 0.200. The fourth-order valence-electron chi connectivity index (χ4n) is 1.90. The maximum Gasteiger partial charge on any atom is 0.339 e. The van der Waals surface area contributed by atoms with Crippen LogP contribution in [0.2, 0.25) is 0 Å². The van der Waals surface area contributed by atoms with Crippen LogP contribution in [-0.4, -0.2) is 16.8 Å². The minimum atomic E-state index is -4.05. The van der Waals surface area contributed by atoms with Crippen molar-refractivity contribution in [2.75, 3.05) is 0 Å². The Bertz CT molecular complexity index is 901. The highest BCUT2D eigenvalue weighted by Crippen LogP contribution is 2.24. The Labute approximate surface area is 136 Å². The van der Waals surface area contributed by atoms with Crippen molar-refractivity contribution in [3.05, 3.63) is 54.1 Å². The van der Waals surface area contributed by atoms with E-state index in [1.807, 2.05) is 19.9 Å². The monoisotopic (exact) mass is 355 g/mol. The van der Waals surface area contributed by atoms with E-state index in [0.717, 1.165) is 29.8 Å². The maximum absolute atomic E-state index is 12.2. The number of rotatable bonds is 5. The minimum absolute atomic E-state index is 0.153. The molecule has 0 bridgehead atoms. The molecular formula is C15H17NO5S2. The molecule has 0 aliphatic carbocycles. The lowest BCUT2D eigenvalue weighted by Gasteiger charge is -2.10. The van der Waals surface area contributed by atoms with Crippen molar-refractivity contribution < 1.29 is 21.0 Å². The molecule has 0 radical (unpaired) electrons. The SMILES string of the molecule is CC(C)c1cccc(OS(=O)(=O)c2ccc(S(N)(=O)=O)cc2)c1. The molecule has 2 rings (SSSR count). The van der Waals surface area contributed by atoms with Crippen LogP contribution in [0, 0.1) is 0 Å². The van der Waals surface area contributed by atoms with Crippen molar-refractivity contribution in [2.24, 2.45) is 5.14 Å². The molecule has 0 spiro atoms. The summed E-state index contributed by atoms with van der Waals surface area (Å²) in [7, 11) is -7.93. The molecule has 124 valence electrons. The summed E-state index contributed by atoms with van der Waals surface area (Å²) in [4.78, 5) is -0.321. The summed E-state index contributed by atoms with van der Waals surface area (Å²) in [6, 6.07) is 11.3. The van der Waals surface area contributed by atoms with Crippen molar-refractivity contribution in [1.82, 2.24) is 0 Å². The van der Waals surface area contributed by atoms with Gasteiger partial charge in [-0.15, -0.1) is 0 Å². The van der Waals surface area contributed by atoms with E-state index >= 15 is 0 Å². The normalized spacial score (nSPS) is 12.3. The van der Waals surface area contributed by atoms with E-state index < -0.39 is 20.1 Å². The number of nitrogens with two attached hydrogens (primary N) is 1. The zero-order valence-corrected chi connectivity index (χ0v) is 14.3. The Morgan fingerprint density at radius 2 is 1.48 bits per heavy atom. The second kappa shape index (κ2) is 6.31. The lowest BCUT2D eigenvalue weighted by atomic mass is 10.0. The van der Waals surface area contributed by atoms with Gasteiger partial charge < -0.3 is 4.18 Å². The van der Waals surface area contributed by atoms with Crippen LogP contribution in [0.3, 0.4) is 0 Å².